The van der Waals surface area contributed by atoms with E-state index in [2.05, 4.69) is 16.4 Å². The molecule has 0 saturated heterocycles. The Kier molecular flexibility index (Phi) is 4.14. The Morgan fingerprint density at radius 1 is 1.48 bits per heavy atom. The Balaban J connectivity index is 1.90. The molecule has 0 aromatic carbocycles. The fourth-order valence-corrected chi connectivity index (χ4v) is 3.61. The van der Waals surface area contributed by atoms with E-state index in [1.54, 1.807) is 17.6 Å². The van der Waals surface area contributed by atoms with Crippen LogP contribution in [0.1, 0.15) is 17.6 Å². The Labute approximate surface area is 131 Å². The Hall–Kier alpha value is -1.56. The van der Waals surface area contributed by atoms with Crippen LogP contribution in [0.2, 0.25) is 5.15 Å². The molecule has 6 heteroatoms. The third kappa shape index (κ3) is 3.37. The molecule has 1 atom stereocenters. The number of thiophene rings is 1. The Morgan fingerprint density at radius 2 is 2.33 bits per heavy atom. The molecule has 3 aromatic heterocycles. The molecule has 0 spiro atoms. The summed E-state index contributed by atoms with van der Waals surface area (Å²) < 4.78 is 6.43. The van der Waals surface area contributed by atoms with E-state index in [-0.39, 0.29) is 6.04 Å². The highest BCUT2D eigenvalue weighted by molar-refractivity contribution is 7.19. The first kappa shape index (κ1) is 14.4. The fraction of sp³-hybridized carbons (Fsp3) is 0.267. The van der Waals surface area contributed by atoms with Crippen LogP contribution in [0.15, 0.2) is 34.9 Å². The molecule has 0 amide bonds. The van der Waals surface area contributed by atoms with E-state index >= 15 is 0 Å². The molecule has 1 unspecified atom stereocenters. The molecule has 0 aliphatic rings. The van der Waals surface area contributed by atoms with E-state index in [1.807, 2.05) is 25.1 Å². The SMILES string of the molecule is CC(N)Cc1cc2nc(Cl)cc(NCc3ccco3)c2s1. The first-order valence-electron chi connectivity index (χ1n) is 6.72. The highest BCUT2D eigenvalue weighted by atomic mass is 35.5. The summed E-state index contributed by atoms with van der Waals surface area (Å²) in [5.41, 5.74) is 7.75. The highest BCUT2D eigenvalue weighted by Crippen LogP contribution is 2.33. The minimum atomic E-state index is 0.132. The number of nitrogens with zero attached hydrogens (tertiary/aromatic N) is 1. The van der Waals surface area contributed by atoms with Gasteiger partial charge in [0.1, 0.15) is 10.9 Å². The van der Waals surface area contributed by atoms with E-state index < -0.39 is 0 Å². The standard InChI is InChI=1S/C15H16ClN3OS/c1-9(17)5-11-6-13-15(21-11)12(7-14(16)19-13)18-8-10-3-2-4-20-10/h2-4,6-7,9H,5,8,17H2,1H3,(H,18,19). The summed E-state index contributed by atoms with van der Waals surface area (Å²) in [4.78, 5) is 5.60. The summed E-state index contributed by atoms with van der Waals surface area (Å²) in [6, 6.07) is 7.85. The second-order valence-corrected chi connectivity index (χ2v) is 6.56. The van der Waals surface area contributed by atoms with Crippen molar-refractivity contribution in [2.24, 2.45) is 5.73 Å². The van der Waals surface area contributed by atoms with Gasteiger partial charge in [0.15, 0.2) is 0 Å². The predicted molar refractivity (Wildman–Crippen MR) is 88.0 cm³/mol. The number of halogens is 1. The van der Waals surface area contributed by atoms with Gasteiger partial charge in [0.05, 0.1) is 28.7 Å². The minimum absolute atomic E-state index is 0.132. The lowest BCUT2D eigenvalue weighted by molar-refractivity contribution is 0.518. The van der Waals surface area contributed by atoms with Gasteiger partial charge in [-0.05, 0) is 31.5 Å². The van der Waals surface area contributed by atoms with Crippen LogP contribution in [0.5, 0.6) is 0 Å². The summed E-state index contributed by atoms with van der Waals surface area (Å²) in [7, 11) is 0. The molecule has 21 heavy (non-hydrogen) atoms. The van der Waals surface area contributed by atoms with Gasteiger partial charge >= 0.3 is 0 Å². The number of fused-ring (bicyclic) bond motifs is 1. The van der Waals surface area contributed by atoms with Crippen molar-refractivity contribution in [2.45, 2.75) is 25.9 Å². The van der Waals surface area contributed by atoms with Gasteiger partial charge in [-0.1, -0.05) is 11.6 Å². The van der Waals surface area contributed by atoms with Crippen molar-refractivity contribution in [3.8, 4) is 0 Å². The third-order valence-electron chi connectivity index (χ3n) is 3.06. The smallest absolute Gasteiger partial charge is 0.131 e. The summed E-state index contributed by atoms with van der Waals surface area (Å²) >= 11 is 7.81. The number of nitrogens with two attached hydrogens (primary N) is 1. The van der Waals surface area contributed by atoms with Crippen molar-refractivity contribution in [2.75, 3.05) is 5.32 Å². The zero-order valence-corrected chi connectivity index (χ0v) is 13.2. The van der Waals surface area contributed by atoms with E-state index in [9.17, 15) is 0 Å². The monoisotopic (exact) mass is 321 g/mol. The van der Waals surface area contributed by atoms with Crippen LogP contribution in [0.4, 0.5) is 5.69 Å². The lowest BCUT2D eigenvalue weighted by atomic mass is 10.2. The molecular weight excluding hydrogens is 306 g/mol. The topological polar surface area (TPSA) is 64.1 Å². The quantitative estimate of drug-likeness (QED) is 0.696. The lowest BCUT2D eigenvalue weighted by Crippen LogP contribution is -2.16. The number of aromatic nitrogens is 1. The van der Waals surface area contributed by atoms with Crippen LogP contribution < -0.4 is 11.1 Å². The normalized spacial score (nSPS) is 12.7. The van der Waals surface area contributed by atoms with Crippen LogP contribution in [-0.4, -0.2) is 11.0 Å². The van der Waals surface area contributed by atoms with E-state index in [0.29, 0.717) is 11.7 Å². The molecule has 0 radical (unpaired) electrons. The maximum absolute atomic E-state index is 6.10. The average Bonchev–Trinajstić information content (AvgIpc) is 3.03. The number of pyridine rings is 1. The fourth-order valence-electron chi connectivity index (χ4n) is 2.18. The molecule has 0 fully saturated rings. The molecule has 0 aliphatic heterocycles. The molecule has 0 bridgehead atoms. The van der Waals surface area contributed by atoms with Crippen LogP contribution in [0.3, 0.4) is 0 Å². The van der Waals surface area contributed by atoms with Crippen molar-refractivity contribution in [1.29, 1.82) is 0 Å². The van der Waals surface area contributed by atoms with Crippen LogP contribution in [0.25, 0.3) is 10.2 Å². The van der Waals surface area contributed by atoms with Gasteiger partial charge in [-0.25, -0.2) is 4.98 Å². The molecule has 0 aliphatic carbocycles. The van der Waals surface area contributed by atoms with Crippen molar-refractivity contribution < 1.29 is 4.42 Å². The minimum Gasteiger partial charge on any atom is -0.467 e. The van der Waals surface area contributed by atoms with Gasteiger partial charge in [-0.3, -0.25) is 0 Å². The maximum atomic E-state index is 6.10. The second-order valence-electron chi connectivity index (χ2n) is 5.03. The average molecular weight is 322 g/mol. The Bertz CT molecular complexity index is 737. The first-order valence-corrected chi connectivity index (χ1v) is 7.92. The van der Waals surface area contributed by atoms with Crippen molar-refractivity contribution >= 4 is 38.8 Å². The summed E-state index contributed by atoms with van der Waals surface area (Å²) in [6.07, 6.45) is 2.51. The summed E-state index contributed by atoms with van der Waals surface area (Å²) in [6.45, 7) is 2.61. The van der Waals surface area contributed by atoms with Gasteiger partial charge in [0.25, 0.3) is 0 Å². The molecule has 3 heterocycles. The molecule has 110 valence electrons. The van der Waals surface area contributed by atoms with Crippen molar-refractivity contribution in [3.05, 3.63) is 46.3 Å². The second kappa shape index (κ2) is 6.05. The molecule has 0 saturated carbocycles. The van der Waals surface area contributed by atoms with Gasteiger partial charge < -0.3 is 15.5 Å². The Morgan fingerprint density at radius 3 is 3.05 bits per heavy atom. The number of hydrogen-bond acceptors (Lipinski definition) is 5. The van der Waals surface area contributed by atoms with Gasteiger partial charge in [-0.2, -0.15) is 0 Å². The van der Waals surface area contributed by atoms with Crippen LogP contribution >= 0.6 is 22.9 Å². The van der Waals surface area contributed by atoms with Gasteiger partial charge in [0, 0.05) is 17.0 Å². The number of nitrogens with one attached hydrogen (secondary N) is 1. The zero-order valence-electron chi connectivity index (χ0n) is 11.6. The number of rotatable bonds is 5. The first-order chi connectivity index (χ1) is 10.1. The van der Waals surface area contributed by atoms with E-state index in [0.717, 1.165) is 28.1 Å². The third-order valence-corrected chi connectivity index (χ3v) is 4.43. The molecule has 3 N–H and O–H groups in total. The predicted octanol–water partition coefficient (Wildman–Crippen LogP) is 4.04. The van der Waals surface area contributed by atoms with Gasteiger partial charge in [-0.15, -0.1) is 11.3 Å². The molecular formula is C15H16ClN3OS. The van der Waals surface area contributed by atoms with Gasteiger partial charge in [0.2, 0.25) is 0 Å². The van der Waals surface area contributed by atoms with Crippen LogP contribution in [-0.2, 0) is 13.0 Å². The summed E-state index contributed by atoms with van der Waals surface area (Å²) in [5.74, 6) is 0.878. The number of furan rings is 1. The molecule has 3 aromatic rings. The maximum Gasteiger partial charge on any atom is 0.131 e. The van der Waals surface area contributed by atoms with Crippen molar-refractivity contribution in [3.63, 3.8) is 0 Å². The number of anilines is 1. The molecule has 4 nitrogen and oxygen atoms in total. The van der Waals surface area contributed by atoms with Crippen LogP contribution in [0, 0.1) is 0 Å². The van der Waals surface area contributed by atoms with E-state index in [1.165, 1.54) is 4.88 Å². The zero-order chi connectivity index (χ0) is 14.8. The summed E-state index contributed by atoms with van der Waals surface area (Å²) in [5, 5.41) is 3.84. The highest BCUT2D eigenvalue weighted by Gasteiger charge is 2.11. The lowest BCUT2D eigenvalue weighted by Gasteiger charge is -2.06. The van der Waals surface area contributed by atoms with E-state index in [4.69, 9.17) is 21.8 Å². The molecule has 3 rings (SSSR count). The van der Waals surface area contributed by atoms with Crippen molar-refractivity contribution in [1.82, 2.24) is 4.98 Å². The largest absolute Gasteiger partial charge is 0.467 e. The number of hydrogen-bond donors (Lipinski definition) is 2.